The molecule has 0 radical (unpaired) electrons. The van der Waals surface area contributed by atoms with Crippen LogP contribution in [0.5, 0.6) is 0 Å². The van der Waals surface area contributed by atoms with Gasteiger partial charge in [0.1, 0.15) is 5.82 Å². The van der Waals surface area contributed by atoms with Crippen molar-refractivity contribution in [2.45, 2.75) is 19.1 Å². The third-order valence-corrected chi connectivity index (χ3v) is 3.28. The van der Waals surface area contributed by atoms with Gasteiger partial charge in [0.25, 0.3) is 0 Å². The molecule has 2 rings (SSSR count). The van der Waals surface area contributed by atoms with Crippen LogP contribution in [0.4, 0.5) is 17.6 Å². The highest BCUT2D eigenvalue weighted by molar-refractivity contribution is 5.37. The van der Waals surface area contributed by atoms with Gasteiger partial charge in [0.2, 0.25) is 0 Å². The van der Waals surface area contributed by atoms with E-state index < -0.39 is 23.6 Å². The second-order valence-electron chi connectivity index (χ2n) is 4.64. The molecule has 0 amide bonds. The number of hydrogen-bond acceptors (Lipinski definition) is 2. The molecule has 1 N–H and O–H groups in total. The molecule has 0 aliphatic carbocycles. The highest BCUT2D eigenvalue weighted by Gasteiger charge is 2.34. The summed E-state index contributed by atoms with van der Waals surface area (Å²) in [5, 5.41) is 2.94. The molecule has 0 aliphatic heterocycles. The first-order chi connectivity index (χ1) is 9.84. The summed E-state index contributed by atoms with van der Waals surface area (Å²) >= 11 is 0. The molecule has 0 saturated carbocycles. The Bertz CT molecular complexity index is 638. The van der Waals surface area contributed by atoms with Crippen molar-refractivity contribution in [3.63, 3.8) is 0 Å². The summed E-state index contributed by atoms with van der Waals surface area (Å²) in [4.78, 5) is 4.13. The van der Waals surface area contributed by atoms with Crippen LogP contribution >= 0.6 is 0 Å². The lowest BCUT2D eigenvalue weighted by atomic mass is 9.96. The van der Waals surface area contributed by atoms with E-state index in [1.54, 1.807) is 32.3 Å². The monoisotopic (exact) mass is 298 g/mol. The van der Waals surface area contributed by atoms with Crippen molar-refractivity contribution in [3.05, 3.63) is 64.7 Å². The van der Waals surface area contributed by atoms with Gasteiger partial charge in [-0.25, -0.2) is 4.39 Å². The number of rotatable bonds is 3. The van der Waals surface area contributed by atoms with Crippen LogP contribution in [0.15, 0.2) is 36.5 Å². The average Bonchev–Trinajstić information content (AvgIpc) is 2.42. The molecule has 21 heavy (non-hydrogen) atoms. The van der Waals surface area contributed by atoms with Crippen LogP contribution in [0.25, 0.3) is 0 Å². The van der Waals surface area contributed by atoms with E-state index in [0.29, 0.717) is 11.3 Å². The number of aryl methyl sites for hydroxylation is 1. The zero-order chi connectivity index (χ0) is 15.6. The van der Waals surface area contributed by atoms with Crippen LogP contribution in [-0.2, 0) is 6.18 Å². The molecule has 1 unspecified atom stereocenters. The normalized spacial score (nSPS) is 13.2. The van der Waals surface area contributed by atoms with Crippen molar-refractivity contribution in [2.75, 3.05) is 7.05 Å². The van der Waals surface area contributed by atoms with Crippen LogP contribution in [0, 0.1) is 12.7 Å². The summed E-state index contributed by atoms with van der Waals surface area (Å²) in [7, 11) is 1.63. The van der Waals surface area contributed by atoms with E-state index in [9.17, 15) is 17.6 Å². The van der Waals surface area contributed by atoms with Crippen LogP contribution in [-0.4, -0.2) is 12.0 Å². The summed E-state index contributed by atoms with van der Waals surface area (Å²) in [6.45, 7) is 1.77. The molecule has 1 heterocycles. The number of aromatic nitrogens is 1. The van der Waals surface area contributed by atoms with Gasteiger partial charge in [-0.15, -0.1) is 0 Å². The van der Waals surface area contributed by atoms with Crippen LogP contribution in [0.3, 0.4) is 0 Å². The first-order valence-corrected chi connectivity index (χ1v) is 6.30. The summed E-state index contributed by atoms with van der Waals surface area (Å²) in [5.41, 5.74) is 0.526. The molecule has 2 nitrogen and oxygen atoms in total. The van der Waals surface area contributed by atoms with Crippen molar-refractivity contribution < 1.29 is 17.6 Å². The summed E-state index contributed by atoms with van der Waals surface area (Å²) in [5.74, 6) is -1.27. The maximum absolute atomic E-state index is 13.4. The summed E-state index contributed by atoms with van der Waals surface area (Å²) < 4.78 is 51.8. The Balaban J connectivity index is 2.52. The zero-order valence-electron chi connectivity index (χ0n) is 11.5. The molecular formula is C15H14F4N2. The van der Waals surface area contributed by atoms with Crippen LogP contribution < -0.4 is 5.32 Å². The minimum absolute atomic E-state index is 0.335. The molecule has 2 aromatic rings. The van der Waals surface area contributed by atoms with E-state index in [0.717, 1.165) is 17.7 Å². The van der Waals surface area contributed by atoms with E-state index in [1.165, 1.54) is 6.07 Å². The molecular weight excluding hydrogens is 284 g/mol. The number of halogens is 4. The van der Waals surface area contributed by atoms with E-state index >= 15 is 0 Å². The standard InChI is InChI=1S/C15H14F4N2/c1-9-11(4-3-7-21-9)14(20-2)10-5-6-13(16)12(8-10)15(17,18)19/h3-8,14,20H,1-2H3. The third kappa shape index (κ3) is 3.21. The molecule has 1 aromatic heterocycles. The van der Waals surface area contributed by atoms with Gasteiger partial charge in [-0.05, 0) is 43.3 Å². The van der Waals surface area contributed by atoms with Crippen molar-refractivity contribution in [1.82, 2.24) is 10.3 Å². The highest BCUT2D eigenvalue weighted by atomic mass is 19.4. The van der Waals surface area contributed by atoms with Crippen molar-refractivity contribution in [3.8, 4) is 0 Å². The molecule has 0 bridgehead atoms. The van der Waals surface area contributed by atoms with Crippen molar-refractivity contribution in [2.24, 2.45) is 0 Å². The lowest BCUT2D eigenvalue weighted by Gasteiger charge is -2.20. The first-order valence-electron chi connectivity index (χ1n) is 6.30. The Morgan fingerprint density at radius 3 is 2.48 bits per heavy atom. The molecule has 0 aliphatic rings. The topological polar surface area (TPSA) is 24.9 Å². The van der Waals surface area contributed by atoms with Gasteiger partial charge in [0, 0.05) is 11.9 Å². The average molecular weight is 298 g/mol. The number of nitrogens with zero attached hydrogens (tertiary/aromatic N) is 1. The maximum Gasteiger partial charge on any atom is 0.419 e. The predicted octanol–water partition coefficient (Wildman–Crippen LogP) is 3.86. The van der Waals surface area contributed by atoms with Crippen LogP contribution in [0.2, 0.25) is 0 Å². The van der Waals surface area contributed by atoms with Gasteiger partial charge in [0.15, 0.2) is 0 Å². The zero-order valence-corrected chi connectivity index (χ0v) is 11.5. The number of benzene rings is 1. The quantitative estimate of drug-likeness (QED) is 0.870. The lowest BCUT2D eigenvalue weighted by Crippen LogP contribution is -2.20. The second kappa shape index (κ2) is 5.81. The molecule has 0 spiro atoms. The molecule has 0 fully saturated rings. The number of alkyl halides is 3. The van der Waals surface area contributed by atoms with E-state index in [2.05, 4.69) is 10.3 Å². The van der Waals surface area contributed by atoms with Gasteiger partial charge in [-0.1, -0.05) is 12.1 Å². The van der Waals surface area contributed by atoms with Gasteiger partial charge < -0.3 is 5.32 Å². The molecule has 0 saturated heterocycles. The number of pyridine rings is 1. The van der Waals surface area contributed by atoms with E-state index in [1.807, 2.05) is 0 Å². The smallest absolute Gasteiger partial charge is 0.309 e. The Hall–Kier alpha value is -1.95. The highest BCUT2D eigenvalue weighted by Crippen LogP contribution is 2.34. The SMILES string of the molecule is CNC(c1ccc(F)c(C(F)(F)F)c1)c1cccnc1C. The molecule has 1 aromatic carbocycles. The van der Waals surface area contributed by atoms with Crippen molar-refractivity contribution in [1.29, 1.82) is 0 Å². The van der Waals surface area contributed by atoms with E-state index in [4.69, 9.17) is 0 Å². The third-order valence-electron chi connectivity index (χ3n) is 3.28. The first kappa shape index (κ1) is 15.4. The molecule has 112 valence electrons. The second-order valence-corrected chi connectivity index (χ2v) is 4.64. The van der Waals surface area contributed by atoms with Gasteiger partial charge >= 0.3 is 6.18 Å². The minimum atomic E-state index is -4.72. The van der Waals surface area contributed by atoms with Gasteiger partial charge in [-0.3, -0.25) is 4.98 Å². The molecule has 1 atom stereocenters. The fourth-order valence-corrected chi connectivity index (χ4v) is 2.24. The Kier molecular flexibility index (Phi) is 4.27. The predicted molar refractivity (Wildman–Crippen MR) is 71.3 cm³/mol. The van der Waals surface area contributed by atoms with Gasteiger partial charge in [-0.2, -0.15) is 13.2 Å². The fraction of sp³-hybridized carbons (Fsp3) is 0.267. The van der Waals surface area contributed by atoms with Crippen molar-refractivity contribution >= 4 is 0 Å². The number of hydrogen-bond donors (Lipinski definition) is 1. The minimum Gasteiger partial charge on any atom is -0.309 e. The van der Waals surface area contributed by atoms with E-state index in [-0.39, 0.29) is 0 Å². The maximum atomic E-state index is 13.4. The van der Waals surface area contributed by atoms with Gasteiger partial charge in [0.05, 0.1) is 11.6 Å². The van der Waals surface area contributed by atoms with Crippen LogP contribution in [0.1, 0.15) is 28.4 Å². The lowest BCUT2D eigenvalue weighted by molar-refractivity contribution is -0.140. The largest absolute Gasteiger partial charge is 0.419 e. The Morgan fingerprint density at radius 2 is 1.90 bits per heavy atom. The Morgan fingerprint density at radius 1 is 1.19 bits per heavy atom. The molecule has 6 heteroatoms. The Labute approximate surface area is 119 Å². The summed E-state index contributed by atoms with van der Waals surface area (Å²) in [6.07, 6.45) is -3.11. The fourth-order valence-electron chi connectivity index (χ4n) is 2.24. The summed E-state index contributed by atoms with van der Waals surface area (Å²) in [6, 6.07) is 6.02. The number of nitrogens with one attached hydrogen (secondary N) is 1.